The van der Waals surface area contributed by atoms with Gasteiger partial charge in [-0.1, -0.05) is 0 Å². The lowest BCUT2D eigenvalue weighted by Gasteiger charge is -2.35. The van der Waals surface area contributed by atoms with Crippen molar-refractivity contribution in [1.82, 2.24) is 0 Å². The van der Waals surface area contributed by atoms with E-state index in [0.29, 0.717) is 5.75 Å². The molecule has 0 fully saturated rings. The zero-order chi connectivity index (χ0) is 11.9. The number of aryl methyl sites for hydroxylation is 1. The molecule has 0 spiro atoms. The Balaban J connectivity index is 2.49. The van der Waals surface area contributed by atoms with Gasteiger partial charge in [0.15, 0.2) is 0 Å². The summed E-state index contributed by atoms with van der Waals surface area (Å²) in [6.45, 7) is 5.75. The number of phenolic OH excluding ortho intramolecular Hbond substituents is 1. The zero-order valence-corrected chi connectivity index (χ0v) is 10.0. The highest BCUT2D eigenvalue weighted by molar-refractivity contribution is 5.53. The predicted molar refractivity (Wildman–Crippen MR) is 62.0 cm³/mol. The molecule has 0 bridgehead atoms. The van der Waals surface area contributed by atoms with Gasteiger partial charge < -0.3 is 14.9 Å². The molecule has 1 aromatic carbocycles. The predicted octanol–water partition coefficient (Wildman–Crippen LogP) is 2.09. The molecule has 1 aliphatic heterocycles. The van der Waals surface area contributed by atoms with Crippen LogP contribution in [0, 0.1) is 13.8 Å². The number of aliphatic hydroxyl groups is 1. The van der Waals surface area contributed by atoms with Crippen molar-refractivity contribution in [3.8, 4) is 11.5 Å². The number of hydrogen-bond acceptors (Lipinski definition) is 3. The summed E-state index contributed by atoms with van der Waals surface area (Å²) in [5, 5.41) is 19.1. The fraction of sp³-hybridized carbons (Fsp3) is 0.538. The van der Waals surface area contributed by atoms with E-state index in [1.54, 1.807) is 6.07 Å². The van der Waals surface area contributed by atoms with E-state index >= 15 is 0 Å². The summed E-state index contributed by atoms with van der Waals surface area (Å²) in [6.07, 6.45) is 1.61. The first-order valence-corrected chi connectivity index (χ1v) is 5.59. The average molecular weight is 222 g/mol. The molecule has 3 nitrogen and oxygen atoms in total. The summed E-state index contributed by atoms with van der Waals surface area (Å²) < 4.78 is 5.87. The summed E-state index contributed by atoms with van der Waals surface area (Å²) in [7, 11) is 0. The van der Waals surface area contributed by atoms with Gasteiger partial charge in [-0.05, 0) is 56.4 Å². The highest BCUT2D eigenvalue weighted by Gasteiger charge is 2.32. The smallest absolute Gasteiger partial charge is 0.129 e. The van der Waals surface area contributed by atoms with Crippen LogP contribution < -0.4 is 4.74 Å². The standard InChI is InChI=1S/C13H18O3/c1-8-9(2)12-10(6-11(8)15)4-5-13(3,7-14)16-12/h6,14-15H,4-5,7H2,1-3H3. The van der Waals surface area contributed by atoms with Crippen molar-refractivity contribution in [2.45, 2.75) is 39.2 Å². The Kier molecular flexibility index (Phi) is 2.58. The number of fused-ring (bicyclic) bond motifs is 1. The molecule has 3 heteroatoms. The number of ether oxygens (including phenoxy) is 1. The highest BCUT2D eigenvalue weighted by atomic mass is 16.5. The Bertz CT molecular complexity index is 426. The van der Waals surface area contributed by atoms with E-state index in [0.717, 1.165) is 35.3 Å². The van der Waals surface area contributed by atoms with E-state index in [1.807, 2.05) is 20.8 Å². The first kappa shape index (κ1) is 11.3. The van der Waals surface area contributed by atoms with Crippen LogP contribution in [-0.4, -0.2) is 22.4 Å². The molecule has 0 radical (unpaired) electrons. The van der Waals surface area contributed by atoms with Gasteiger partial charge in [0, 0.05) is 0 Å². The number of hydrogen-bond donors (Lipinski definition) is 2. The van der Waals surface area contributed by atoms with Crippen LogP contribution in [0.1, 0.15) is 30.0 Å². The second-order valence-corrected chi connectivity index (χ2v) is 4.84. The van der Waals surface area contributed by atoms with Crippen LogP contribution >= 0.6 is 0 Å². The normalized spacial score (nSPS) is 23.8. The molecule has 1 heterocycles. The van der Waals surface area contributed by atoms with Crippen molar-refractivity contribution in [3.63, 3.8) is 0 Å². The number of phenols is 1. The van der Waals surface area contributed by atoms with Gasteiger partial charge in [-0.3, -0.25) is 0 Å². The molecule has 1 unspecified atom stereocenters. The summed E-state index contributed by atoms with van der Waals surface area (Å²) in [5.41, 5.74) is 2.36. The SMILES string of the molecule is Cc1c(O)cc2c(c1C)OC(C)(CO)CC2. The molecule has 1 atom stereocenters. The van der Waals surface area contributed by atoms with Crippen LogP contribution in [0.2, 0.25) is 0 Å². The zero-order valence-electron chi connectivity index (χ0n) is 10.0. The minimum absolute atomic E-state index is 0.0196. The monoisotopic (exact) mass is 222 g/mol. The second-order valence-electron chi connectivity index (χ2n) is 4.84. The maximum atomic E-state index is 9.74. The topological polar surface area (TPSA) is 49.7 Å². The van der Waals surface area contributed by atoms with E-state index in [-0.39, 0.29) is 6.61 Å². The minimum atomic E-state index is -0.485. The van der Waals surface area contributed by atoms with Gasteiger partial charge in [0.1, 0.15) is 17.1 Å². The van der Waals surface area contributed by atoms with Crippen molar-refractivity contribution >= 4 is 0 Å². The Morgan fingerprint density at radius 2 is 2.06 bits per heavy atom. The molecule has 1 aliphatic rings. The summed E-state index contributed by atoms with van der Waals surface area (Å²) >= 11 is 0. The number of aliphatic hydroxyl groups excluding tert-OH is 1. The third-order valence-electron chi connectivity index (χ3n) is 3.50. The van der Waals surface area contributed by atoms with E-state index < -0.39 is 5.60 Å². The quantitative estimate of drug-likeness (QED) is 0.765. The molecular formula is C13H18O3. The van der Waals surface area contributed by atoms with Gasteiger partial charge in [-0.25, -0.2) is 0 Å². The molecule has 0 saturated heterocycles. The first-order valence-electron chi connectivity index (χ1n) is 5.59. The van der Waals surface area contributed by atoms with Gasteiger partial charge in [-0.2, -0.15) is 0 Å². The van der Waals surface area contributed by atoms with Gasteiger partial charge in [0.2, 0.25) is 0 Å². The second kappa shape index (κ2) is 3.67. The molecule has 0 amide bonds. The Morgan fingerprint density at radius 1 is 1.38 bits per heavy atom. The van der Waals surface area contributed by atoms with Crippen LogP contribution in [0.4, 0.5) is 0 Å². The highest BCUT2D eigenvalue weighted by Crippen LogP contribution is 2.40. The van der Waals surface area contributed by atoms with Gasteiger partial charge in [0.25, 0.3) is 0 Å². The largest absolute Gasteiger partial charge is 0.508 e. The molecule has 0 aliphatic carbocycles. The van der Waals surface area contributed by atoms with E-state index in [9.17, 15) is 10.2 Å². The number of aromatic hydroxyl groups is 1. The summed E-state index contributed by atoms with van der Waals surface area (Å²) in [5.74, 6) is 1.16. The Hall–Kier alpha value is -1.22. The average Bonchev–Trinajstić information content (AvgIpc) is 2.28. The molecule has 1 aromatic rings. The van der Waals surface area contributed by atoms with Gasteiger partial charge >= 0.3 is 0 Å². The lowest BCUT2D eigenvalue weighted by atomic mass is 9.90. The van der Waals surface area contributed by atoms with Crippen molar-refractivity contribution in [3.05, 3.63) is 22.8 Å². The summed E-state index contributed by atoms with van der Waals surface area (Å²) in [4.78, 5) is 0. The molecule has 16 heavy (non-hydrogen) atoms. The van der Waals surface area contributed by atoms with Crippen LogP contribution in [0.15, 0.2) is 6.07 Å². The lowest BCUT2D eigenvalue weighted by molar-refractivity contribution is 0.00735. The fourth-order valence-electron chi connectivity index (χ4n) is 2.08. The van der Waals surface area contributed by atoms with Crippen molar-refractivity contribution < 1.29 is 14.9 Å². The summed E-state index contributed by atoms with van der Waals surface area (Å²) in [6, 6.07) is 1.77. The molecule has 2 rings (SSSR count). The van der Waals surface area contributed by atoms with Gasteiger partial charge in [-0.15, -0.1) is 0 Å². The van der Waals surface area contributed by atoms with Crippen LogP contribution in [0.5, 0.6) is 11.5 Å². The maximum absolute atomic E-state index is 9.74. The van der Waals surface area contributed by atoms with Crippen molar-refractivity contribution in [2.24, 2.45) is 0 Å². The van der Waals surface area contributed by atoms with E-state index in [2.05, 4.69) is 0 Å². The molecule has 2 N–H and O–H groups in total. The van der Waals surface area contributed by atoms with Crippen molar-refractivity contribution in [2.75, 3.05) is 6.61 Å². The first-order chi connectivity index (χ1) is 7.47. The van der Waals surface area contributed by atoms with E-state index in [1.165, 1.54) is 0 Å². The number of rotatable bonds is 1. The third kappa shape index (κ3) is 1.65. The van der Waals surface area contributed by atoms with E-state index in [4.69, 9.17) is 4.74 Å². The third-order valence-corrected chi connectivity index (χ3v) is 3.50. The number of benzene rings is 1. The fourth-order valence-corrected chi connectivity index (χ4v) is 2.08. The lowest BCUT2D eigenvalue weighted by Crippen LogP contribution is -2.40. The van der Waals surface area contributed by atoms with Crippen LogP contribution in [0.25, 0.3) is 0 Å². The Labute approximate surface area is 95.7 Å². The van der Waals surface area contributed by atoms with Crippen molar-refractivity contribution in [1.29, 1.82) is 0 Å². The maximum Gasteiger partial charge on any atom is 0.129 e. The Morgan fingerprint density at radius 3 is 2.69 bits per heavy atom. The van der Waals surface area contributed by atoms with Crippen LogP contribution in [0.3, 0.4) is 0 Å². The molecule has 88 valence electrons. The van der Waals surface area contributed by atoms with Gasteiger partial charge in [0.05, 0.1) is 6.61 Å². The van der Waals surface area contributed by atoms with Crippen LogP contribution in [-0.2, 0) is 6.42 Å². The molecule has 0 aromatic heterocycles. The molecule has 0 saturated carbocycles. The minimum Gasteiger partial charge on any atom is -0.508 e. The molecular weight excluding hydrogens is 204 g/mol.